The van der Waals surface area contributed by atoms with Gasteiger partial charge in [0.05, 0.1) is 0 Å². The number of carbonyl (C=O) groups is 1. The minimum atomic E-state index is -0.108. The summed E-state index contributed by atoms with van der Waals surface area (Å²) in [4.78, 5) is 12.1. The number of rotatable bonds is 4. The van der Waals surface area contributed by atoms with E-state index in [-0.39, 0.29) is 5.78 Å². The van der Waals surface area contributed by atoms with E-state index in [0.717, 1.165) is 11.1 Å². The summed E-state index contributed by atoms with van der Waals surface area (Å²) in [7, 11) is 0. The Labute approximate surface area is 150 Å². The standard InChI is InChI=1S/C20H14Cl2O2/c1-13-2-3-15(12-18(13)22)20-11-9-17(24-20)8-10-19(23)14-4-6-16(21)7-5-14/h2-12H,1H3/b10-8+. The summed E-state index contributed by atoms with van der Waals surface area (Å²) in [5, 5.41) is 1.29. The molecule has 120 valence electrons. The first-order valence-corrected chi connectivity index (χ1v) is 8.13. The molecule has 0 atom stereocenters. The summed E-state index contributed by atoms with van der Waals surface area (Å²) in [6, 6.07) is 16.2. The average Bonchev–Trinajstić information content (AvgIpc) is 3.05. The maximum atomic E-state index is 12.1. The van der Waals surface area contributed by atoms with Crippen LogP contribution in [0.25, 0.3) is 17.4 Å². The summed E-state index contributed by atoms with van der Waals surface area (Å²) in [5.41, 5.74) is 2.49. The first-order chi connectivity index (χ1) is 11.5. The van der Waals surface area contributed by atoms with Crippen molar-refractivity contribution in [2.75, 3.05) is 0 Å². The van der Waals surface area contributed by atoms with Gasteiger partial charge in [0.2, 0.25) is 0 Å². The Hall–Kier alpha value is -2.29. The van der Waals surface area contributed by atoms with Crippen molar-refractivity contribution < 1.29 is 9.21 Å². The van der Waals surface area contributed by atoms with E-state index in [1.165, 1.54) is 6.08 Å². The number of furan rings is 1. The van der Waals surface area contributed by atoms with E-state index in [4.69, 9.17) is 27.6 Å². The highest BCUT2D eigenvalue weighted by atomic mass is 35.5. The van der Waals surface area contributed by atoms with Crippen LogP contribution in [0.1, 0.15) is 21.7 Å². The van der Waals surface area contributed by atoms with Crippen molar-refractivity contribution in [2.24, 2.45) is 0 Å². The molecular weight excluding hydrogens is 343 g/mol. The lowest BCUT2D eigenvalue weighted by molar-refractivity contribution is 0.104. The van der Waals surface area contributed by atoms with Crippen molar-refractivity contribution >= 4 is 35.1 Å². The molecule has 0 aliphatic rings. The van der Waals surface area contributed by atoms with Crippen molar-refractivity contribution in [3.05, 3.63) is 87.6 Å². The molecule has 0 unspecified atom stereocenters. The molecule has 0 N–H and O–H groups in total. The molecule has 0 amide bonds. The Balaban J connectivity index is 1.77. The highest BCUT2D eigenvalue weighted by Gasteiger charge is 2.06. The number of allylic oxidation sites excluding steroid dienone is 1. The van der Waals surface area contributed by atoms with Gasteiger partial charge in [-0.05, 0) is 67.1 Å². The van der Waals surface area contributed by atoms with Gasteiger partial charge in [-0.1, -0.05) is 35.3 Å². The lowest BCUT2D eigenvalue weighted by atomic mass is 10.1. The Bertz CT molecular complexity index is 906. The molecule has 1 heterocycles. The first kappa shape index (κ1) is 16.6. The third kappa shape index (κ3) is 3.78. The van der Waals surface area contributed by atoms with Crippen molar-refractivity contribution in [1.29, 1.82) is 0 Å². The molecule has 24 heavy (non-hydrogen) atoms. The Morgan fingerprint density at radius 2 is 1.75 bits per heavy atom. The van der Waals surface area contributed by atoms with E-state index in [2.05, 4.69) is 0 Å². The number of carbonyl (C=O) groups excluding carboxylic acids is 1. The van der Waals surface area contributed by atoms with Crippen molar-refractivity contribution in [2.45, 2.75) is 6.92 Å². The predicted octanol–water partition coefficient (Wildman–Crippen LogP) is 6.46. The Morgan fingerprint density at radius 1 is 1.00 bits per heavy atom. The topological polar surface area (TPSA) is 30.2 Å². The van der Waals surface area contributed by atoms with Crippen LogP contribution >= 0.6 is 23.2 Å². The van der Waals surface area contributed by atoms with E-state index in [1.54, 1.807) is 30.3 Å². The van der Waals surface area contributed by atoms with Crippen molar-refractivity contribution in [1.82, 2.24) is 0 Å². The third-order valence-electron chi connectivity index (χ3n) is 3.61. The summed E-state index contributed by atoms with van der Waals surface area (Å²) in [6.07, 6.45) is 3.13. The molecule has 0 saturated carbocycles. The monoisotopic (exact) mass is 356 g/mol. The lowest BCUT2D eigenvalue weighted by Gasteiger charge is -2.00. The van der Waals surface area contributed by atoms with Crippen LogP contribution in [0.3, 0.4) is 0 Å². The molecule has 0 spiro atoms. The van der Waals surface area contributed by atoms with E-state index >= 15 is 0 Å². The Morgan fingerprint density at radius 3 is 2.46 bits per heavy atom. The maximum absolute atomic E-state index is 12.1. The summed E-state index contributed by atoms with van der Waals surface area (Å²) in [6.45, 7) is 1.95. The van der Waals surface area contributed by atoms with Gasteiger partial charge in [-0.3, -0.25) is 4.79 Å². The first-order valence-electron chi connectivity index (χ1n) is 7.37. The highest BCUT2D eigenvalue weighted by Crippen LogP contribution is 2.27. The fourth-order valence-electron chi connectivity index (χ4n) is 2.21. The summed E-state index contributed by atoms with van der Waals surface area (Å²) in [5.74, 6) is 1.20. The van der Waals surface area contributed by atoms with Crippen LogP contribution < -0.4 is 0 Å². The zero-order chi connectivity index (χ0) is 17.1. The molecule has 4 heteroatoms. The van der Waals surface area contributed by atoms with E-state index in [9.17, 15) is 4.79 Å². The average molecular weight is 357 g/mol. The normalized spacial score (nSPS) is 11.1. The van der Waals surface area contributed by atoms with Gasteiger partial charge in [-0.2, -0.15) is 0 Å². The van der Waals surface area contributed by atoms with Gasteiger partial charge in [0.15, 0.2) is 5.78 Å². The zero-order valence-corrected chi connectivity index (χ0v) is 14.4. The number of ketones is 1. The number of aryl methyl sites for hydroxylation is 1. The van der Waals surface area contributed by atoms with Crippen LogP contribution in [-0.4, -0.2) is 5.78 Å². The van der Waals surface area contributed by atoms with E-state index in [1.807, 2.05) is 37.3 Å². The Kier molecular flexibility index (Phi) is 4.89. The molecule has 0 aliphatic carbocycles. The highest BCUT2D eigenvalue weighted by molar-refractivity contribution is 6.31. The second kappa shape index (κ2) is 7.08. The van der Waals surface area contributed by atoms with Crippen LogP contribution in [0, 0.1) is 6.92 Å². The number of hydrogen-bond donors (Lipinski definition) is 0. The second-order valence-corrected chi connectivity index (χ2v) is 6.21. The van der Waals surface area contributed by atoms with Crippen LogP contribution in [0.5, 0.6) is 0 Å². The lowest BCUT2D eigenvalue weighted by Crippen LogP contribution is -1.92. The predicted molar refractivity (Wildman–Crippen MR) is 98.7 cm³/mol. The molecule has 2 aromatic carbocycles. The molecule has 0 fully saturated rings. The van der Waals surface area contributed by atoms with Gasteiger partial charge in [0.1, 0.15) is 11.5 Å². The minimum Gasteiger partial charge on any atom is -0.457 e. The van der Waals surface area contributed by atoms with Crippen molar-refractivity contribution in [3.8, 4) is 11.3 Å². The van der Waals surface area contributed by atoms with Crippen molar-refractivity contribution in [3.63, 3.8) is 0 Å². The van der Waals surface area contributed by atoms with Crippen LogP contribution in [0.15, 0.2) is 65.1 Å². The molecule has 0 aliphatic heterocycles. The molecule has 0 bridgehead atoms. The molecule has 0 radical (unpaired) electrons. The number of benzene rings is 2. The van der Waals surface area contributed by atoms with Gasteiger partial charge in [0, 0.05) is 21.2 Å². The van der Waals surface area contributed by atoms with Crippen LogP contribution in [-0.2, 0) is 0 Å². The minimum absolute atomic E-state index is 0.108. The molecule has 3 rings (SSSR count). The molecule has 2 nitrogen and oxygen atoms in total. The van der Waals surface area contributed by atoms with Gasteiger partial charge in [-0.25, -0.2) is 0 Å². The molecular formula is C20H14Cl2O2. The quantitative estimate of drug-likeness (QED) is 0.396. The molecule has 1 aromatic heterocycles. The molecule has 0 saturated heterocycles. The van der Waals surface area contributed by atoms with Crippen LogP contribution in [0.4, 0.5) is 0 Å². The fraction of sp³-hybridized carbons (Fsp3) is 0.0500. The van der Waals surface area contributed by atoms with E-state index in [0.29, 0.717) is 27.1 Å². The SMILES string of the molecule is Cc1ccc(-c2ccc(/C=C/C(=O)c3ccc(Cl)cc3)o2)cc1Cl. The molecule has 3 aromatic rings. The number of hydrogen-bond acceptors (Lipinski definition) is 2. The third-order valence-corrected chi connectivity index (χ3v) is 4.27. The fourth-order valence-corrected chi connectivity index (χ4v) is 2.52. The summed E-state index contributed by atoms with van der Waals surface area (Å²) < 4.78 is 5.75. The smallest absolute Gasteiger partial charge is 0.185 e. The second-order valence-electron chi connectivity index (χ2n) is 5.37. The van der Waals surface area contributed by atoms with E-state index < -0.39 is 0 Å². The van der Waals surface area contributed by atoms with Gasteiger partial charge < -0.3 is 4.42 Å². The number of halogens is 2. The largest absolute Gasteiger partial charge is 0.457 e. The summed E-state index contributed by atoms with van der Waals surface area (Å²) >= 11 is 12.0. The van der Waals surface area contributed by atoms with Crippen LogP contribution in [0.2, 0.25) is 10.0 Å². The zero-order valence-electron chi connectivity index (χ0n) is 12.9. The maximum Gasteiger partial charge on any atom is 0.185 e. The van der Waals surface area contributed by atoms with Gasteiger partial charge in [0.25, 0.3) is 0 Å². The van der Waals surface area contributed by atoms with Gasteiger partial charge >= 0.3 is 0 Å². The van der Waals surface area contributed by atoms with Gasteiger partial charge in [-0.15, -0.1) is 0 Å².